The van der Waals surface area contributed by atoms with E-state index in [-0.39, 0.29) is 6.09 Å². The molecule has 2 fully saturated rings. The maximum Gasteiger partial charge on any atom is 0.417 e. The van der Waals surface area contributed by atoms with Gasteiger partial charge in [0.1, 0.15) is 11.5 Å². The number of carbonyl (C=O) groups excluding carboxylic acids is 1. The maximum absolute atomic E-state index is 12.3. The molecule has 0 N–H and O–H groups in total. The van der Waals surface area contributed by atoms with Gasteiger partial charge in [-0.15, -0.1) is 0 Å². The van der Waals surface area contributed by atoms with Crippen LogP contribution >= 0.6 is 0 Å². The van der Waals surface area contributed by atoms with Gasteiger partial charge in [-0.2, -0.15) is 0 Å². The van der Waals surface area contributed by atoms with Crippen molar-refractivity contribution in [3.05, 3.63) is 30.3 Å². The fourth-order valence-corrected chi connectivity index (χ4v) is 3.03. The normalized spacial score (nSPS) is 21.6. The number of hydrogen-bond acceptors (Lipinski definition) is 3. The highest BCUT2D eigenvalue weighted by Gasteiger charge is 2.46. The van der Waals surface area contributed by atoms with E-state index in [0.717, 1.165) is 25.7 Å². The van der Waals surface area contributed by atoms with Gasteiger partial charge in [-0.1, -0.05) is 24.6 Å². The van der Waals surface area contributed by atoms with Gasteiger partial charge in [0.2, 0.25) is 0 Å². The number of ether oxygens (including phenoxy) is 2. The standard InChI is InChI=1S/C15H19NO3/c17-14(19-13-7-3-1-4-8-13)16-11-12-18-15(16)9-5-2-6-10-15/h1,3-4,7-8H,2,5-6,9-12H2. The Kier molecular flexibility index (Phi) is 3.42. The molecule has 1 amide bonds. The smallest absolute Gasteiger partial charge is 0.410 e. The van der Waals surface area contributed by atoms with Crippen LogP contribution in [0.15, 0.2) is 30.3 Å². The van der Waals surface area contributed by atoms with Crippen LogP contribution in [0.4, 0.5) is 4.79 Å². The molecule has 1 aromatic rings. The van der Waals surface area contributed by atoms with E-state index in [4.69, 9.17) is 9.47 Å². The van der Waals surface area contributed by atoms with Gasteiger partial charge in [0, 0.05) is 0 Å². The molecule has 1 saturated carbocycles. The van der Waals surface area contributed by atoms with Crippen molar-refractivity contribution >= 4 is 6.09 Å². The van der Waals surface area contributed by atoms with E-state index in [1.165, 1.54) is 6.42 Å². The Bertz CT molecular complexity index is 440. The van der Waals surface area contributed by atoms with Crippen LogP contribution < -0.4 is 4.74 Å². The van der Waals surface area contributed by atoms with Crippen LogP contribution in [0.3, 0.4) is 0 Å². The summed E-state index contributed by atoms with van der Waals surface area (Å²) in [6, 6.07) is 9.21. The monoisotopic (exact) mass is 261 g/mol. The summed E-state index contributed by atoms with van der Waals surface area (Å²) in [6.45, 7) is 1.25. The lowest BCUT2D eigenvalue weighted by atomic mass is 9.91. The van der Waals surface area contributed by atoms with Crippen molar-refractivity contribution in [1.29, 1.82) is 0 Å². The Balaban J connectivity index is 1.72. The fourth-order valence-electron chi connectivity index (χ4n) is 3.03. The van der Waals surface area contributed by atoms with Crippen LogP contribution in [-0.2, 0) is 4.74 Å². The Morgan fingerprint density at radius 2 is 1.89 bits per heavy atom. The first-order chi connectivity index (χ1) is 9.30. The van der Waals surface area contributed by atoms with Gasteiger partial charge in [0.25, 0.3) is 0 Å². The molecule has 1 aliphatic heterocycles. The molecule has 0 bridgehead atoms. The molecule has 0 atom stereocenters. The van der Waals surface area contributed by atoms with Gasteiger partial charge in [-0.3, -0.25) is 4.90 Å². The van der Waals surface area contributed by atoms with Crippen molar-refractivity contribution < 1.29 is 14.3 Å². The first kappa shape index (κ1) is 12.5. The van der Waals surface area contributed by atoms with Crippen molar-refractivity contribution in [3.63, 3.8) is 0 Å². The van der Waals surface area contributed by atoms with Crippen LogP contribution in [0, 0.1) is 0 Å². The summed E-state index contributed by atoms with van der Waals surface area (Å²) in [7, 11) is 0. The van der Waals surface area contributed by atoms with Gasteiger partial charge in [-0.05, 0) is 37.8 Å². The molecular weight excluding hydrogens is 242 g/mol. The summed E-state index contributed by atoms with van der Waals surface area (Å²) in [5.74, 6) is 0.588. The number of amides is 1. The molecular formula is C15H19NO3. The predicted octanol–water partition coefficient (Wildman–Crippen LogP) is 3.18. The SMILES string of the molecule is O=C(Oc1ccccc1)N1CCOC12CCCCC2. The summed E-state index contributed by atoms with van der Waals surface area (Å²) in [4.78, 5) is 14.1. The van der Waals surface area contributed by atoms with Gasteiger partial charge in [0.15, 0.2) is 0 Å². The minimum absolute atomic E-state index is 0.286. The number of para-hydroxylation sites is 1. The number of hydrogen-bond donors (Lipinski definition) is 0. The van der Waals surface area contributed by atoms with Gasteiger partial charge in [-0.25, -0.2) is 4.79 Å². The first-order valence-electron chi connectivity index (χ1n) is 6.99. The highest BCUT2D eigenvalue weighted by Crippen LogP contribution is 2.38. The topological polar surface area (TPSA) is 38.8 Å². The quantitative estimate of drug-likeness (QED) is 0.779. The zero-order chi connectivity index (χ0) is 13.1. The third-order valence-electron chi connectivity index (χ3n) is 3.98. The molecule has 0 radical (unpaired) electrons. The lowest BCUT2D eigenvalue weighted by Gasteiger charge is -2.39. The second-order valence-corrected chi connectivity index (χ2v) is 5.19. The largest absolute Gasteiger partial charge is 0.417 e. The van der Waals surface area contributed by atoms with Crippen LogP contribution in [0.5, 0.6) is 5.75 Å². The third kappa shape index (κ3) is 2.45. The highest BCUT2D eigenvalue weighted by atomic mass is 16.6. The van der Waals surface area contributed by atoms with Crippen LogP contribution in [0.1, 0.15) is 32.1 Å². The Hall–Kier alpha value is -1.55. The maximum atomic E-state index is 12.3. The Labute approximate surface area is 113 Å². The van der Waals surface area contributed by atoms with E-state index in [0.29, 0.717) is 18.9 Å². The van der Waals surface area contributed by atoms with Crippen molar-refractivity contribution in [2.24, 2.45) is 0 Å². The zero-order valence-electron chi connectivity index (χ0n) is 11.0. The molecule has 1 aromatic carbocycles. The summed E-state index contributed by atoms with van der Waals surface area (Å²) < 4.78 is 11.3. The van der Waals surface area contributed by atoms with E-state index in [1.54, 1.807) is 17.0 Å². The second-order valence-electron chi connectivity index (χ2n) is 5.19. The minimum Gasteiger partial charge on any atom is -0.410 e. The molecule has 1 saturated heterocycles. The zero-order valence-corrected chi connectivity index (χ0v) is 11.0. The number of carbonyl (C=O) groups is 1. The highest BCUT2D eigenvalue weighted by molar-refractivity contribution is 5.71. The number of benzene rings is 1. The summed E-state index contributed by atoms with van der Waals surface area (Å²) in [5.41, 5.74) is -0.399. The van der Waals surface area contributed by atoms with E-state index in [1.807, 2.05) is 18.2 Å². The molecule has 3 rings (SSSR count). The van der Waals surface area contributed by atoms with Crippen molar-refractivity contribution in [2.45, 2.75) is 37.8 Å². The first-order valence-corrected chi connectivity index (χ1v) is 6.99. The lowest BCUT2D eigenvalue weighted by molar-refractivity contribution is -0.0936. The van der Waals surface area contributed by atoms with E-state index in [2.05, 4.69) is 0 Å². The van der Waals surface area contributed by atoms with Gasteiger partial charge in [0.05, 0.1) is 13.2 Å². The average molecular weight is 261 g/mol. The summed E-state index contributed by atoms with van der Waals surface area (Å²) in [6.07, 6.45) is 5.04. The van der Waals surface area contributed by atoms with Crippen LogP contribution in [0.2, 0.25) is 0 Å². The molecule has 4 nitrogen and oxygen atoms in total. The number of rotatable bonds is 1. The van der Waals surface area contributed by atoms with Crippen molar-refractivity contribution in [2.75, 3.05) is 13.2 Å². The van der Waals surface area contributed by atoms with Gasteiger partial charge >= 0.3 is 6.09 Å². The molecule has 1 aliphatic carbocycles. The van der Waals surface area contributed by atoms with E-state index < -0.39 is 5.72 Å². The molecule has 0 aromatic heterocycles. The van der Waals surface area contributed by atoms with Crippen molar-refractivity contribution in [1.82, 2.24) is 4.90 Å². The van der Waals surface area contributed by atoms with E-state index >= 15 is 0 Å². The van der Waals surface area contributed by atoms with E-state index in [9.17, 15) is 4.79 Å². The molecule has 19 heavy (non-hydrogen) atoms. The summed E-state index contributed by atoms with van der Waals surface area (Å²) >= 11 is 0. The lowest BCUT2D eigenvalue weighted by Crippen LogP contribution is -2.50. The van der Waals surface area contributed by atoms with Gasteiger partial charge < -0.3 is 9.47 Å². The molecule has 2 aliphatic rings. The van der Waals surface area contributed by atoms with Crippen LogP contribution in [0.25, 0.3) is 0 Å². The minimum atomic E-state index is -0.399. The number of nitrogens with zero attached hydrogens (tertiary/aromatic N) is 1. The summed E-state index contributed by atoms with van der Waals surface area (Å²) in [5, 5.41) is 0. The third-order valence-corrected chi connectivity index (χ3v) is 3.98. The Morgan fingerprint density at radius 1 is 1.16 bits per heavy atom. The average Bonchev–Trinajstić information content (AvgIpc) is 2.84. The molecule has 1 heterocycles. The fraction of sp³-hybridized carbons (Fsp3) is 0.533. The molecule has 4 heteroatoms. The molecule has 0 unspecified atom stereocenters. The molecule has 1 spiro atoms. The predicted molar refractivity (Wildman–Crippen MR) is 70.9 cm³/mol. The Morgan fingerprint density at radius 3 is 2.63 bits per heavy atom. The van der Waals surface area contributed by atoms with Crippen LogP contribution in [-0.4, -0.2) is 29.9 Å². The molecule has 102 valence electrons. The van der Waals surface area contributed by atoms with Crippen molar-refractivity contribution in [3.8, 4) is 5.75 Å². The second kappa shape index (κ2) is 5.21.